The number of carbonyl (C=O) groups excluding carboxylic acids is 2. The van der Waals surface area contributed by atoms with Crippen molar-refractivity contribution in [3.8, 4) is 22.9 Å². The Balaban J connectivity index is 1.71. The van der Waals surface area contributed by atoms with Crippen LogP contribution in [-0.4, -0.2) is 42.3 Å². The Morgan fingerprint density at radius 1 is 1.00 bits per heavy atom. The van der Waals surface area contributed by atoms with Crippen LogP contribution in [0.3, 0.4) is 0 Å². The van der Waals surface area contributed by atoms with Crippen LogP contribution in [0.25, 0.3) is 11.8 Å². The van der Waals surface area contributed by atoms with E-state index >= 15 is 0 Å². The number of thiocarbonyl (C=S) groups is 1. The van der Waals surface area contributed by atoms with Crippen LogP contribution in [0.5, 0.6) is 17.2 Å². The number of rotatable bonds is 8. The summed E-state index contributed by atoms with van der Waals surface area (Å²) in [6, 6.07) is 14.6. The number of nitrogens with zero attached hydrogens (tertiary/aromatic N) is 2. The van der Waals surface area contributed by atoms with Crippen LogP contribution in [0.2, 0.25) is 0 Å². The van der Waals surface area contributed by atoms with Gasteiger partial charge < -0.3 is 18.8 Å². The molecule has 0 bridgehead atoms. The summed E-state index contributed by atoms with van der Waals surface area (Å²) in [6.07, 6.45) is 3.28. The van der Waals surface area contributed by atoms with E-state index in [4.69, 9.17) is 26.4 Å². The lowest BCUT2D eigenvalue weighted by Crippen LogP contribution is -2.54. The zero-order chi connectivity index (χ0) is 26.7. The van der Waals surface area contributed by atoms with Gasteiger partial charge in [-0.05, 0) is 80.2 Å². The van der Waals surface area contributed by atoms with E-state index in [1.165, 1.54) is 19.1 Å². The van der Waals surface area contributed by atoms with Crippen molar-refractivity contribution in [2.45, 2.75) is 13.8 Å². The van der Waals surface area contributed by atoms with Gasteiger partial charge in [0.15, 0.2) is 5.11 Å². The van der Waals surface area contributed by atoms with Crippen molar-refractivity contribution >= 4 is 40.9 Å². The highest BCUT2D eigenvalue weighted by Crippen LogP contribution is 2.35. The molecule has 37 heavy (non-hydrogen) atoms. The van der Waals surface area contributed by atoms with Crippen LogP contribution in [0, 0.1) is 13.8 Å². The fourth-order valence-electron chi connectivity index (χ4n) is 4.18. The van der Waals surface area contributed by atoms with Gasteiger partial charge in [-0.2, -0.15) is 0 Å². The van der Waals surface area contributed by atoms with Gasteiger partial charge >= 0.3 is 0 Å². The van der Waals surface area contributed by atoms with E-state index in [1.807, 2.05) is 48.7 Å². The monoisotopic (exact) mass is 517 g/mol. The second-order valence-corrected chi connectivity index (χ2v) is 8.64. The number of nitrogens with one attached hydrogen (secondary N) is 1. The first-order valence-electron chi connectivity index (χ1n) is 11.5. The SMILES string of the molecule is C=CCOc1ccc(-n2c(C)cc(/C=C3\C(=O)NC(=S)N(c4ccc(OC)cc4OC)C3=O)c2C)cc1. The standard InChI is InChI=1S/C28H27N3O5S/c1-6-13-36-21-9-7-20(8-10-21)30-17(2)14-19(18(30)3)15-23-26(32)29-28(37)31(27(23)33)24-12-11-22(34-4)16-25(24)35-5/h6-12,14-16H,1,13H2,2-5H3,(H,29,32,37)/b23-15+. The second kappa shape index (κ2) is 10.7. The molecule has 3 aromatic rings. The van der Waals surface area contributed by atoms with Gasteiger partial charge in [-0.25, -0.2) is 4.90 Å². The van der Waals surface area contributed by atoms with E-state index in [0.717, 1.165) is 28.4 Å². The normalized spacial score (nSPS) is 14.5. The van der Waals surface area contributed by atoms with E-state index in [1.54, 1.807) is 30.4 Å². The van der Waals surface area contributed by atoms with Gasteiger partial charge in [0.25, 0.3) is 11.8 Å². The Morgan fingerprint density at radius 3 is 2.35 bits per heavy atom. The van der Waals surface area contributed by atoms with Crippen molar-refractivity contribution in [3.05, 3.63) is 83.7 Å². The van der Waals surface area contributed by atoms with Crippen molar-refractivity contribution in [1.82, 2.24) is 9.88 Å². The first-order chi connectivity index (χ1) is 17.8. The molecule has 0 radical (unpaired) electrons. The molecule has 0 saturated carbocycles. The fourth-order valence-corrected chi connectivity index (χ4v) is 4.45. The maximum absolute atomic E-state index is 13.6. The lowest BCUT2D eigenvalue weighted by atomic mass is 10.1. The Hall–Kier alpha value is -4.37. The quantitative estimate of drug-likeness (QED) is 0.205. The second-order valence-electron chi connectivity index (χ2n) is 8.25. The molecule has 1 fully saturated rings. The molecular weight excluding hydrogens is 490 g/mol. The average Bonchev–Trinajstić information content (AvgIpc) is 3.17. The predicted octanol–water partition coefficient (Wildman–Crippen LogP) is 4.51. The highest BCUT2D eigenvalue weighted by atomic mass is 32.1. The molecule has 0 atom stereocenters. The minimum Gasteiger partial charge on any atom is -0.497 e. The smallest absolute Gasteiger partial charge is 0.270 e. The average molecular weight is 518 g/mol. The topological polar surface area (TPSA) is 82.0 Å². The number of hydrogen-bond acceptors (Lipinski definition) is 6. The van der Waals surface area contributed by atoms with E-state index in [-0.39, 0.29) is 10.7 Å². The van der Waals surface area contributed by atoms with E-state index in [9.17, 15) is 9.59 Å². The first-order valence-corrected chi connectivity index (χ1v) is 11.9. The van der Waals surface area contributed by atoms with Crippen LogP contribution >= 0.6 is 12.2 Å². The molecule has 2 heterocycles. The van der Waals surface area contributed by atoms with Gasteiger partial charge in [-0.3, -0.25) is 14.9 Å². The molecule has 190 valence electrons. The first kappa shape index (κ1) is 25.7. The third-order valence-corrected chi connectivity index (χ3v) is 6.25. The van der Waals surface area contributed by atoms with Crippen LogP contribution in [0.15, 0.2) is 66.8 Å². The Morgan fingerprint density at radius 2 is 1.70 bits per heavy atom. The number of benzene rings is 2. The lowest BCUT2D eigenvalue weighted by molar-refractivity contribution is -0.122. The molecule has 1 aromatic heterocycles. The summed E-state index contributed by atoms with van der Waals surface area (Å²) in [4.78, 5) is 27.7. The maximum Gasteiger partial charge on any atom is 0.270 e. The number of anilines is 1. The molecule has 2 amide bonds. The highest BCUT2D eigenvalue weighted by molar-refractivity contribution is 7.80. The number of methoxy groups -OCH3 is 2. The summed E-state index contributed by atoms with van der Waals surface area (Å²) < 4.78 is 18.3. The van der Waals surface area contributed by atoms with Gasteiger partial charge in [0.2, 0.25) is 0 Å². The van der Waals surface area contributed by atoms with Crippen molar-refractivity contribution in [3.63, 3.8) is 0 Å². The Kier molecular flexibility index (Phi) is 7.45. The third kappa shape index (κ3) is 4.99. The molecule has 0 aliphatic carbocycles. The lowest BCUT2D eigenvalue weighted by Gasteiger charge is -2.30. The van der Waals surface area contributed by atoms with Gasteiger partial charge in [-0.15, -0.1) is 0 Å². The van der Waals surface area contributed by atoms with Crippen molar-refractivity contribution in [2.24, 2.45) is 0 Å². The van der Waals surface area contributed by atoms with E-state index < -0.39 is 11.8 Å². The molecule has 2 aromatic carbocycles. The van der Waals surface area contributed by atoms with Crippen LogP contribution in [0.4, 0.5) is 5.69 Å². The summed E-state index contributed by atoms with van der Waals surface area (Å²) in [5, 5.41) is 2.59. The molecule has 1 saturated heterocycles. The maximum atomic E-state index is 13.6. The largest absolute Gasteiger partial charge is 0.497 e. The summed E-state index contributed by atoms with van der Waals surface area (Å²) in [6.45, 7) is 7.98. The van der Waals surface area contributed by atoms with E-state index in [0.29, 0.717) is 23.8 Å². The van der Waals surface area contributed by atoms with Crippen LogP contribution < -0.4 is 24.4 Å². The van der Waals surface area contributed by atoms with Gasteiger partial charge in [0.1, 0.15) is 29.4 Å². The van der Waals surface area contributed by atoms with Gasteiger partial charge in [0, 0.05) is 23.1 Å². The van der Waals surface area contributed by atoms with Crippen LogP contribution in [0.1, 0.15) is 17.0 Å². The molecule has 9 heteroatoms. The molecule has 0 spiro atoms. The number of amides is 2. The Labute approximate surface area is 220 Å². The van der Waals surface area contributed by atoms with Crippen LogP contribution in [-0.2, 0) is 9.59 Å². The predicted molar refractivity (Wildman–Crippen MR) is 147 cm³/mol. The number of ether oxygens (including phenoxy) is 3. The van der Waals surface area contributed by atoms with Gasteiger partial charge in [-0.1, -0.05) is 12.7 Å². The van der Waals surface area contributed by atoms with Crippen molar-refractivity contribution < 1.29 is 23.8 Å². The summed E-state index contributed by atoms with van der Waals surface area (Å²) in [7, 11) is 3.02. The zero-order valence-corrected chi connectivity index (χ0v) is 21.8. The number of carbonyl (C=O) groups is 2. The molecule has 1 aliphatic heterocycles. The Bertz CT molecular complexity index is 1420. The molecule has 1 aliphatic rings. The summed E-state index contributed by atoms with van der Waals surface area (Å²) in [5.74, 6) is 0.564. The number of aromatic nitrogens is 1. The molecule has 0 unspecified atom stereocenters. The van der Waals surface area contributed by atoms with Crippen molar-refractivity contribution in [1.29, 1.82) is 0 Å². The van der Waals surface area contributed by atoms with E-state index in [2.05, 4.69) is 11.9 Å². The minimum absolute atomic E-state index is 0.0279. The zero-order valence-electron chi connectivity index (χ0n) is 21.0. The molecule has 8 nitrogen and oxygen atoms in total. The molecular formula is C28H27N3O5S. The fraction of sp³-hybridized carbons (Fsp3) is 0.179. The molecule has 4 rings (SSSR count). The molecule has 1 N–H and O–H groups in total. The summed E-state index contributed by atoms with van der Waals surface area (Å²) in [5.41, 5.74) is 3.82. The number of hydrogen-bond donors (Lipinski definition) is 1. The number of aryl methyl sites for hydroxylation is 1. The highest BCUT2D eigenvalue weighted by Gasteiger charge is 2.36. The van der Waals surface area contributed by atoms with Crippen molar-refractivity contribution in [2.75, 3.05) is 25.7 Å². The third-order valence-electron chi connectivity index (χ3n) is 5.96. The van der Waals surface area contributed by atoms with Gasteiger partial charge in [0.05, 0.1) is 19.9 Å². The minimum atomic E-state index is -0.563. The summed E-state index contributed by atoms with van der Waals surface area (Å²) >= 11 is 5.34.